The van der Waals surface area contributed by atoms with E-state index in [1.165, 1.54) is 10.8 Å². The van der Waals surface area contributed by atoms with E-state index in [1.807, 2.05) is 6.07 Å². The summed E-state index contributed by atoms with van der Waals surface area (Å²) in [5.41, 5.74) is 5.04. The molecule has 170 valence electrons. The number of nitrogens with two attached hydrogens (primary N) is 1. The quantitative estimate of drug-likeness (QED) is 0.311. The lowest BCUT2D eigenvalue weighted by molar-refractivity contribution is -0.0319. The fourth-order valence-corrected chi connectivity index (χ4v) is 6.00. The second-order valence-electron chi connectivity index (χ2n) is 6.27. The van der Waals surface area contributed by atoms with E-state index in [2.05, 4.69) is 23.2 Å². The minimum Gasteiger partial charge on any atom is -0.382 e. The number of fused-ring (bicyclic) bond motifs is 1. The van der Waals surface area contributed by atoms with Gasteiger partial charge in [0.25, 0.3) is 0 Å². The van der Waals surface area contributed by atoms with Crippen molar-refractivity contribution in [3.63, 3.8) is 0 Å². The number of aromatic nitrogens is 3. The van der Waals surface area contributed by atoms with Gasteiger partial charge in [-0.1, -0.05) is 0 Å². The largest absolute Gasteiger partial charge is 0.490 e. The van der Waals surface area contributed by atoms with Gasteiger partial charge in [0.05, 0.1) is 18.4 Å². The summed E-state index contributed by atoms with van der Waals surface area (Å²) in [5.74, 6) is 0.177. The average Bonchev–Trinajstić information content (AvgIpc) is 3.22. The van der Waals surface area contributed by atoms with Gasteiger partial charge in [0.15, 0.2) is 11.4 Å². The minimum atomic E-state index is -5.62. The summed E-state index contributed by atoms with van der Waals surface area (Å²) in [6.45, 7) is -0.659. The first kappa shape index (κ1) is 23.9. The molecule has 0 aromatic carbocycles. The lowest BCUT2D eigenvalue weighted by atomic mass is 9.98. The normalized spacial score (nSPS) is 25.7. The predicted octanol–water partition coefficient (Wildman–Crippen LogP) is 0.553. The van der Waals surface area contributed by atoms with Crippen molar-refractivity contribution in [3.8, 4) is 6.07 Å². The Morgan fingerprint density at radius 3 is 2.61 bits per heavy atom. The zero-order chi connectivity index (χ0) is 23.1. The Balaban J connectivity index is 1.69. The highest BCUT2D eigenvalue weighted by molar-refractivity contribution is 7.66. The smallest absolute Gasteiger partial charge is 0.382 e. The van der Waals surface area contributed by atoms with Crippen molar-refractivity contribution in [2.75, 3.05) is 12.3 Å². The molecule has 2 aromatic rings. The van der Waals surface area contributed by atoms with Crippen molar-refractivity contribution in [3.05, 3.63) is 24.2 Å². The molecule has 0 amide bonds. The number of ether oxygens (including phenoxy) is 1. The van der Waals surface area contributed by atoms with Crippen molar-refractivity contribution in [1.82, 2.24) is 14.6 Å². The minimum absolute atomic E-state index is 0.143. The van der Waals surface area contributed by atoms with Gasteiger partial charge in [-0.3, -0.25) is 4.52 Å². The second-order valence-corrected chi connectivity index (χ2v) is 10.7. The van der Waals surface area contributed by atoms with Crippen LogP contribution in [0.5, 0.6) is 0 Å². The zero-order valence-electron chi connectivity index (χ0n) is 15.3. The Kier molecular flexibility index (Phi) is 6.43. The number of phosphoric acid groups is 3. The summed E-state index contributed by atoms with van der Waals surface area (Å²) in [6.07, 6.45) is 0.592. The molecule has 16 nitrogen and oxygen atoms in total. The molecule has 3 rings (SSSR count). The monoisotopic (exact) mass is 499 g/mol. The van der Waals surface area contributed by atoms with Crippen LogP contribution in [0.1, 0.15) is 18.5 Å². The van der Waals surface area contributed by atoms with Crippen LogP contribution in [-0.4, -0.2) is 46.9 Å². The second kappa shape index (κ2) is 8.32. The Labute approximate surface area is 173 Å². The Morgan fingerprint density at radius 2 is 1.97 bits per heavy atom. The SMILES string of the molecule is N#C[C@]1(c2ccc3c(N)ncnn23)CC[C@@H](COP(=O)(O)OP(=O)(O)OP(=O)(O)O)O1. The van der Waals surface area contributed by atoms with Gasteiger partial charge in [-0.2, -0.15) is 19.0 Å². The van der Waals surface area contributed by atoms with E-state index in [0.29, 0.717) is 11.2 Å². The molecular weight excluding hydrogens is 483 g/mol. The number of anilines is 1. The summed E-state index contributed by atoms with van der Waals surface area (Å²) in [5, 5.41) is 13.8. The van der Waals surface area contributed by atoms with Gasteiger partial charge in [0.2, 0.25) is 0 Å². The lowest BCUT2D eigenvalue weighted by Crippen LogP contribution is -2.28. The summed E-state index contributed by atoms with van der Waals surface area (Å²) < 4.78 is 52.7. The summed E-state index contributed by atoms with van der Waals surface area (Å²) in [6, 6.07) is 5.18. The van der Waals surface area contributed by atoms with Gasteiger partial charge in [0.1, 0.15) is 17.9 Å². The molecule has 2 unspecified atom stereocenters. The van der Waals surface area contributed by atoms with Crippen LogP contribution < -0.4 is 5.73 Å². The van der Waals surface area contributed by atoms with Gasteiger partial charge in [-0.15, -0.1) is 0 Å². The number of rotatable bonds is 8. The molecule has 1 saturated heterocycles. The molecule has 1 aliphatic heterocycles. The average molecular weight is 499 g/mol. The fraction of sp³-hybridized carbons (Fsp3) is 0.417. The van der Waals surface area contributed by atoms with Crippen molar-refractivity contribution < 1.29 is 51.2 Å². The first-order valence-corrected chi connectivity index (χ1v) is 12.7. The van der Waals surface area contributed by atoms with Crippen molar-refractivity contribution in [1.29, 1.82) is 5.26 Å². The molecule has 31 heavy (non-hydrogen) atoms. The fourth-order valence-electron chi connectivity index (χ4n) is 2.95. The number of hydrogen-bond donors (Lipinski definition) is 5. The molecule has 0 radical (unpaired) electrons. The molecule has 4 atom stereocenters. The van der Waals surface area contributed by atoms with E-state index in [4.69, 9.17) is 25.2 Å². The highest BCUT2D eigenvalue weighted by Gasteiger charge is 2.46. The van der Waals surface area contributed by atoms with E-state index >= 15 is 0 Å². The molecule has 0 bridgehead atoms. The van der Waals surface area contributed by atoms with E-state index in [-0.39, 0.29) is 18.7 Å². The van der Waals surface area contributed by atoms with Gasteiger partial charge >= 0.3 is 23.5 Å². The van der Waals surface area contributed by atoms with Gasteiger partial charge in [0, 0.05) is 0 Å². The molecule has 0 saturated carbocycles. The maximum atomic E-state index is 11.8. The molecule has 2 aromatic heterocycles. The number of phosphoric ester groups is 1. The van der Waals surface area contributed by atoms with Gasteiger partial charge in [-0.25, -0.2) is 23.2 Å². The first-order chi connectivity index (χ1) is 14.3. The topological polar surface area (TPSA) is 249 Å². The van der Waals surface area contributed by atoms with E-state index in [1.54, 1.807) is 12.1 Å². The molecule has 3 heterocycles. The van der Waals surface area contributed by atoms with Crippen LogP contribution in [0.4, 0.5) is 5.82 Å². The van der Waals surface area contributed by atoms with Crippen molar-refractivity contribution in [2.24, 2.45) is 0 Å². The summed E-state index contributed by atoms with van der Waals surface area (Å²) >= 11 is 0. The van der Waals surface area contributed by atoms with Crippen LogP contribution in [-0.2, 0) is 37.2 Å². The van der Waals surface area contributed by atoms with E-state index < -0.39 is 41.8 Å². The molecule has 0 spiro atoms. The maximum Gasteiger partial charge on any atom is 0.490 e. The highest BCUT2D eigenvalue weighted by Crippen LogP contribution is 2.66. The van der Waals surface area contributed by atoms with Gasteiger partial charge in [-0.05, 0) is 25.0 Å². The molecule has 1 aliphatic rings. The van der Waals surface area contributed by atoms with Crippen molar-refractivity contribution in [2.45, 2.75) is 24.5 Å². The van der Waals surface area contributed by atoms with Crippen LogP contribution in [0.25, 0.3) is 5.52 Å². The predicted molar refractivity (Wildman–Crippen MR) is 98.6 cm³/mol. The summed E-state index contributed by atoms with van der Waals surface area (Å²) in [7, 11) is -16.4. The lowest BCUT2D eigenvalue weighted by Gasteiger charge is -2.22. The molecular formula is C12H16N5O11P3. The third-order valence-corrected chi connectivity index (χ3v) is 7.90. The Hall–Kier alpha value is -1.72. The van der Waals surface area contributed by atoms with Crippen LogP contribution in [0.2, 0.25) is 0 Å². The zero-order valence-corrected chi connectivity index (χ0v) is 18.0. The number of nitriles is 1. The van der Waals surface area contributed by atoms with Crippen LogP contribution in [0.3, 0.4) is 0 Å². The Bertz CT molecular complexity index is 1170. The third-order valence-electron chi connectivity index (χ3n) is 4.10. The standard InChI is InChI=1S/C12H16N5O11P3/c13-6-12(10-2-1-9-11(14)15-7-16-17(9)10)4-3-8(26-12)5-25-30(21,22)28-31(23,24)27-29(18,19)20/h1-2,7-8H,3-5H2,(H,21,22)(H,23,24)(H2,14,15,16)(H2,18,19,20)/t8-,12-/m0/s1. The molecule has 0 aliphatic carbocycles. The first-order valence-electron chi connectivity index (χ1n) is 8.22. The molecule has 19 heteroatoms. The number of nitrogens with zero attached hydrogens (tertiary/aromatic N) is 4. The third kappa shape index (κ3) is 5.56. The molecule has 6 N–H and O–H groups in total. The number of nitrogen functional groups attached to an aromatic ring is 1. The molecule has 1 fully saturated rings. The van der Waals surface area contributed by atoms with Crippen LogP contribution in [0, 0.1) is 11.3 Å². The van der Waals surface area contributed by atoms with Crippen LogP contribution in [0.15, 0.2) is 18.5 Å². The summed E-state index contributed by atoms with van der Waals surface area (Å²) in [4.78, 5) is 39.6. The Morgan fingerprint density at radius 1 is 1.26 bits per heavy atom. The van der Waals surface area contributed by atoms with Crippen molar-refractivity contribution >= 4 is 34.8 Å². The maximum absolute atomic E-state index is 11.8. The van der Waals surface area contributed by atoms with Crippen LogP contribution >= 0.6 is 23.5 Å². The van der Waals surface area contributed by atoms with E-state index in [0.717, 1.165) is 0 Å². The highest BCUT2D eigenvalue weighted by atomic mass is 31.3. The number of hydrogen-bond acceptors (Lipinski definition) is 11. The van der Waals surface area contributed by atoms with E-state index in [9.17, 15) is 23.9 Å². The van der Waals surface area contributed by atoms with Gasteiger partial charge < -0.3 is 30.0 Å².